The van der Waals surface area contributed by atoms with Crippen molar-refractivity contribution in [3.8, 4) is 0 Å². The highest BCUT2D eigenvalue weighted by atomic mass is 32.2. The maximum Gasteiger partial charge on any atom is 0.243 e. The van der Waals surface area contributed by atoms with Gasteiger partial charge in [0.25, 0.3) is 0 Å². The van der Waals surface area contributed by atoms with E-state index in [4.69, 9.17) is 0 Å². The van der Waals surface area contributed by atoms with Gasteiger partial charge in [0.1, 0.15) is 5.54 Å². The van der Waals surface area contributed by atoms with Crippen molar-refractivity contribution in [2.45, 2.75) is 48.7 Å². The van der Waals surface area contributed by atoms with E-state index in [1.54, 1.807) is 12.1 Å². The highest BCUT2D eigenvalue weighted by molar-refractivity contribution is 7.89. The summed E-state index contributed by atoms with van der Waals surface area (Å²) in [7, 11) is -3.57. The molecule has 35 heavy (non-hydrogen) atoms. The number of carbonyl (C=O) groups excluding carboxylic acids is 1. The summed E-state index contributed by atoms with van der Waals surface area (Å²) in [5, 5.41) is 6.95. The molecule has 2 saturated heterocycles. The Balaban J connectivity index is 1.38. The zero-order chi connectivity index (χ0) is 24.5. The normalized spacial score (nSPS) is 19.5. The van der Waals surface area contributed by atoms with Crippen molar-refractivity contribution >= 4 is 15.9 Å². The van der Waals surface area contributed by atoms with Crippen LogP contribution >= 0.6 is 0 Å². The summed E-state index contributed by atoms with van der Waals surface area (Å²) in [6.07, 6.45) is 2.13. The Morgan fingerprint density at radius 3 is 1.83 bits per heavy atom. The molecule has 0 saturated carbocycles. The highest BCUT2D eigenvalue weighted by Crippen LogP contribution is 2.34. The predicted octanol–water partition coefficient (Wildman–Crippen LogP) is 3.42. The average Bonchev–Trinajstić information content (AvgIpc) is 3.10. The van der Waals surface area contributed by atoms with Crippen molar-refractivity contribution in [1.82, 2.24) is 14.9 Å². The summed E-state index contributed by atoms with van der Waals surface area (Å²) >= 11 is 0. The van der Waals surface area contributed by atoms with Crippen LogP contribution in [0.4, 0.5) is 0 Å². The van der Waals surface area contributed by atoms with Crippen molar-refractivity contribution in [3.63, 3.8) is 0 Å². The Morgan fingerprint density at radius 2 is 1.31 bits per heavy atom. The van der Waals surface area contributed by atoms with Gasteiger partial charge in [-0.05, 0) is 55.9 Å². The molecule has 3 aromatic carbocycles. The van der Waals surface area contributed by atoms with Crippen LogP contribution in [0, 0.1) is 6.92 Å². The lowest BCUT2D eigenvalue weighted by molar-refractivity contribution is -0.124. The Kier molecular flexibility index (Phi) is 6.25. The van der Waals surface area contributed by atoms with Crippen LogP contribution in [0.25, 0.3) is 0 Å². The summed E-state index contributed by atoms with van der Waals surface area (Å²) in [6, 6.07) is 27.0. The summed E-state index contributed by atoms with van der Waals surface area (Å²) in [5.74, 6) is -0.0277. The molecule has 6 nitrogen and oxygen atoms in total. The van der Waals surface area contributed by atoms with Crippen LogP contribution in [0.5, 0.6) is 0 Å². The van der Waals surface area contributed by atoms with Gasteiger partial charge in [0.05, 0.1) is 10.6 Å². The van der Waals surface area contributed by atoms with Gasteiger partial charge in [-0.3, -0.25) is 10.1 Å². The lowest BCUT2D eigenvalue weighted by Crippen LogP contribution is -2.60. The minimum atomic E-state index is -3.57. The number of nitrogens with one attached hydrogen (secondary N) is 2. The quantitative estimate of drug-likeness (QED) is 0.556. The number of aryl methyl sites for hydroxylation is 1. The number of rotatable bonds is 6. The first-order valence-electron chi connectivity index (χ1n) is 12.1. The Hall–Kier alpha value is -3.00. The van der Waals surface area contributed by atoms with Crippen LogP contribution in [0.1, 0.15) is 29.5 Å². The van der Waals surface area contributed by atoms with Gasteiger partial charge in [0.15, 0.2) is 0 Å². The van der Waals surface area contributed by atoms with Gasteiger partial charge < -0.3 is 5.32 Å². The first-order valence-corrected chi connectivity index (χ1v) is 13.5. The second-order valence-corrected chi connectivity index (χ2v) is 11.7. The molecule has 2 aliphatic rings. The van der Waals surface area contributed by atoms with Gasteiger partial charge in [0.2, 0.25) is 15.9 Å². The molecule has 7 heteroatoms. The van der Waals surface area contributed by atoms with E-state index in [0.29, 0.717) is 43.7 Å². The second kappa shape index (κ2) is 9.22. The van der Waals surface area contributed by atoms with Crippen LogP contribution in [0.15, 0.2) is 89.8 Å². The largest absolute Gasteiger partial charge is 0.336 e. The monoisotopic (exact) mass is 489 g/mol. The van der Waals surface area contributed by atoms with Crippen molar-refractivity contribution in [3.05, 3.63) is 102 Å². The summed E-state index contributed by atoms with van der Waals surface area (Å²) in [6.45, 7) is 2.62. The molecule has 1 amide bonds. The van der Waals surface area contributed by atoms with Gasteiger partial charge in [-0.2, -0.15) is 4.31 Å². The molecule has 3 aromatic rings. The first kappa shape index (κ1) is 23.7. The van der Waals surface area contributed by atoms with E-state index >= 15 is 0 Å². The van der Waals surface area contributed by atoms with E-state index in [1.165, 1.54) is 4.31 Å². The standard InChI is InChI=1S/C28H31N3O3S/c1-22-12-14-25(15-13-22)35(33,34)31-18-16-28(17-19-31)29-26(32)27(30-28,20-23-8-4-2-5-9-23)21-24-10-6-3-7-11-24/h2-15,30H,16-21H2,1H3,(H,29,32). The SMILES string of the molecule is Cc1ccc(S(=O)(=O)N2CCC3(CC2)NC(=O)C(Cc2ccccc2)(Cc2ccccc2)N3)cc1. The number of piperidine rings is 1. The number of hydrogen-bond acceptors (Lipinski definition) is 4. The van der Waals surface area contributed by atoms with Crippen molar-refractivity contribution < 1.29 is 13.2 Å². The Bertz CT molecular complexity index is 1240. The van der Waals surface area contributed by atoms with Crippen molar-refractivity contribution in [1.29, 1.82) is 0 Å². The molecule has 0 radical (unpaired) electrons. The Labute approximate surface area is 207 Å². The van der Waals surface area contributed by atoms with Gasteiger partial charge in [-0.25, -0.2) is 8.42 Å². The number of sulfonamides is 1. The minimum absolute atomic E-state index is 0.0277. The fourth-order valence-corrected chi connectivity index (χ4v) is 6.74. The molecule has 1 spiro atoms. The number of hydrogen-bond donors (Lipinski definition) is 2. The van der Waals surface area contributed by atoms with E-state index in [2.05, 4.69) is 10.6 Å². The van der Waals surface area contributed by atoms with Crippen molar-refractivity contribution in [2.75, 3.05) is 13.1 Å². The molecule has 0 aliphatic carbocycles. The molecule has 2 N–H and O–H groups in total. The van der Waals surface area contributed by atoms with E-state index in [-0.39, 0.29) is 5.91 Å². The minimum Gasteiger partial charge on any atom is -0.336 e. The first-order chi connectivity index (χ1) is 16.8. The summed E-state index contributed by atoms with van der Waals surface area (Å²) < 4.78 is 27.9. The predicted molar refractivity (Wildman–Crippen MR) is 136 cm³/mol. The van der Waals surface area contributed by atoms with Gasteiger partial charge in [-0.15, -0.1) is 0 Å². The third kappa shape index (κ3) is 4.76. The average molecular weight is 490 g/mol. The molecule has 2 fully saturated rings. The smallest absolute Gasteiger partial charge is 0.243 e. The lowest BCUT2D eigenvalue weighted by atomic mass is 9.84. The molecule has 2 heterocycles. The second-order valence-electron chi connectivity index (χ2n) is 9.79. The number of carbonyl (C=O) groups is 1. The third-order valence-electron chi connectivity index (χ3n) is 7.20. The molecule has 0 atom stereocenters. The number of amides is 1. The topological polar surface area (TPSA) is 78.5 Å². The van der Waals surface area contributed by atoms with E-state index in [0.717, 1.165) is 16.7 Å². The van der Waals surface area contributed by atoms with Gasteiger partial charge in [-0.1, -0.05) is 78.4 Å². The molecule has 2 aliphatic heterocycles. The van der Waals surface area contributed by atoms with Crippen LogP contribution in [-0.4, -0.2) is 42.9 Å². The fraction of sp³-hybridized carbons (Fsp3) is 0.321. The van der Waals surface area contributed by atoms with Gasteiger partial charge >= 0.3 is 0 Å². The molecule has 5 rings (SSSR count). The lowest BCUT2D eigenvalue weighted by Gasteiger charge is -2.40. The van der Waals surface area contributed by atoms with Crippen LogP contribution in [0.3, 0.4) is 0 Å². The highest BCUT2D eigenvalue weighted by Gasteiger charge is 2.54. The molecular weight excluding hydrogens is 458 g/mol. The molecule has 182 valence electrons. The molecule has 0 aromatic heterocycles. The summed E-state index contributed by atoms with van der Waals surface area (Å²) in [5.41, 5.74) is 1.76. The van der Waals surface area contributed by atoms with E-state index in [9.17, 15) is 13.2 Å². The Morgan fingerprint density at radius 1 is 0.800 bits per heavy atom. The van der Waals surface area contributed by atoms with E-state index < -0.39 is 21.2 Å². The molecular formula is C28H31N3O3S. The van der Waals surface area contributed by atoms with Crippen molar-refractivity contribution in [2.24, 2.45) is 0 Å². The maximum absolute atomic E-state index is 13.6. The fourth-order valence-electron chi connectivity index (χ4n) is 5.30. The van der Waals surface area contributed by atoms with Crippen LogP contribution in [-0.2, 0) is 27.7 Å². The van der Waals surface area contributed by atoms with Crippen LogP contribution in [0.2, 0.25) is 0 Å². The molecule has 0 unspecified atom stereocenters. The van der Waals surface area contributed by atoms with E-state index in [1.807, 2.05) is 79.7 Å². The molecule has 0 bridgehead atoms. The van der Waals surface area contributed by atoms with Gasteiger partial charge in [0, 0.05) is 13.1 Å². The number of nitrogens with zero attached hydrogens (tertiary/aromatic N) is 1. The maximum atomic E-state index is 13.6. The summed E-state index contributed by atoms with van der Waals surface area (Å²) in [4.78, 5) is 13.9. The number of benzene rings is 3. The van der Waals surface area contributed by atoms with Crippen LogP contribution < -0.4 is 10.6 Å². The zero-order valence-corrected chi connectivity index (χ0v) is 20.7. The third-order valence-corrected chi connectivity index (χ3v) is 9.11. The zero-order valence-electron chi connectivity index (χ0n) is 19.9.